The van der Waals surface area contributed by atoms with Gasteiger partial charge in [0, 0.05) is 12.1 Å². The lowest BCUT2D eigenvalue weighted by molar-refractivity contribution is -0.140. The number of halogens is 4. The second-order valence-corrected chi connectivity index (χ2v) is 4.74. The number of hydrogen-bond donors (Lipinski definition) is 2. The van der Waals surface area contributed by atoms with Gasteiger partial charge < -0.3 is 15.2 Å². The smallest absolute Gasteiger partial charge is 0.419 e. The van der Waals surface area contributed by atoms with Crippen LogP contribution in [0.25, 0.3) is 0 Å². The van der Waals surface area contributed by atoms with Gasteiger partial charge in [-0.3, -0.25) is 14.5 Å². The number of hydrogen-bond acceptors (Lipinski definition) is 5. The Balaban J connectivity index is 2.39. The first-order valence-corrected chi connectivity index (χ1v) is 6.59. The molecule has 0 fully saturated rings. The number of benzene rings is 1. The number of nitrogens with one attached hydrogen (secondary N) is 1. The highest BCUT2D eigenvalue weighted by Crippen LogP contribution is 2.37. The minimum absolute atomic E-state index is 0.282. The number of ether oxygens (including phenoxy) is 1. The number of nitrogens with zero attached hydrogens (tertiary/aromatic N) is 1. The Kier molecular flexibility index (Phi) is 4.78. The first kappa shape index (κ1) is 17.7. The topological polar surface area (TPSA) is 78.9 Å². The van der Waals surface area contributed by atoms with Crippen LogP contribution in [-0.2, 0) is 15.8 Å². The molecule has 2 amide bonds. The lowest BCUT2D eigenvalue weighted by atomic mass is 10.1. The summed E-state index contributed by atoms with van der Waals surface area (Å²) in [6.45, 7) is -0.766. The molecule has 0 aliphatic carbocycles. The van der Waals surface area contributed by atoms with Crippen LogP contribution in [-0.4, -0.2) is 42.1 Å². The highest BCUT2D eigenvalue weighted by molar-refractivity contribution is 6.17. The molecule has 0 radical (unpaired) electrons. The van der Waals surface area contributed by atoms with Gasteiger partial charge in [0.15, 0.2) is 5.82 Å². The Morgan fingerprint density at radius 2 is 1.96 bits per heavy atom. The largest absolute Gasteiger partial charge is 0.497 e. The minimum atomic E-state index is -4.97. The van der Waals surface area contributed by atoms with Crippen LogP contribution in [0.5, 0.6) is 5.75 Å². The van der Waals surface area contributed by atoms with Crippen molar-refractivity contribution in [3.63, 3.8) is 0 Å². The third kappa shape index (κ3) is 3.32. The molecule has 24 heavy (non-hydrogen) atoms. The molecule has 10 heteroatoms. The lowest BCUT2D eigenvalue weighted by Gasteiger charge is -2.16. The van der Waals surface area contributed by atoms with E-state index in [0.29, 0.717) is 11.0 Å². The molecule has 1 aromatic rings. The molecular formula is C14H12F4N2O4. The Morgan fingerprint density at radius 1 is 1.29 bits per heavy atom. The monoisotopic (exact) mass is 348 g/mol. The van der Waals surface area contributed by atoms with Gasteiger partial charge in [-0.25, -0.2) is 4.39 Å². The molecule has 0 bridgehead atoms. The molecule has 0 saturated carbocycles. The Morgan fingerprint density at radius 3 is 2.50 bits per heavy atom. The number of β-amino-alcohol motifs (C(OH)–C–C–N with tert-alkyl or cyclic N) is 1. The molecule has 6 nitrogen and oxygen atoms in total. The number of carbonyl (C=O) groups excluding carboxylic acids is 2. The maximum atomic E-state index is 14.1. The van der Waals surface area contributed by atoms with E-state index in [1.165, 1.54) is 0 Å². The van der Waals surface area contributed by atoms with E-state index in [-0.39, 0.29) is 12.3 Å². The molecule has 0 spiro atoms. The summed E-state index contributed by atoms with van der Waals surface area (Å²) < 4.78 is 57.4. The van der Waals surface area contributed by atoms with Crippen LogP contribution in [0.15, 0.2) is 23.9 Å². The van der Waals surface area contributed by atoms with Gasteiger partial charge in [0.1, 0.15) is 11.4 Å². The van der Waals surface area contributed by atoms with E-state index < -0.39 is 47.4 Å². The van der Waals surface area contributed by atoms with E-state index >= 15 is 0 Å². The van der Waals surface area contributed by atoms with Crippen LogP contribution in [0.2, 0.25) is 0 Å². The lowest BCUT2D eigenvalue weighted by Crippen LogP contribution is -2.34. The quantitative estimate of drug-likeness (QED) is 0.623. The zero-order valence-corrected chi connectivity index (χ0v) is 12.3. The number of aliphatic hydroxyl groups excluding tert-OH is 1. The second kappa shape index (κ2) is 6.48. The predicted octanol–water partition coefficient (Wildman–Crippen LogP) is 1.51. The number of rotatable bonds is 5. The normalized spacial score (nSPS) is 14.9. The fraction of sp³-hybridized carbons (Fsp3) is 0.286. The van der Waals surface area contributed by atoms with E-state index in [4.69, 9.17) is 9.84 Å². The van der Waals surface area contributed by atoms with Gasteiger partial charge in [-0.05, 0) is 6.07 Å². The molecule has 0 saturated heterocycles. The summed E-state index contributed by atoms with van der Waals surface area (Å²) in [5.41, 5.74) is -2.65. The van der Waals surface area contributed by atoms with E-state index in [1.54, 1.807) is 0 Å². The first-order chi connectivity index (χ1) is 11.2. The number of anilines is 1. The number of amides is 2. The Hall–Kier alpha value is -2.62. The zero-order valence-electron chi connectivity index (χ0n) is 12.3. The summed E-state index contributed by atoms with van der Waals surface area (Å²) in [5, 5.41) is 11.0. The van der Waals surface area contributed by atoms with Crippen LogP contribution in [0.1, 0.15) is 5.56 Å². The van der Waals surface area contributed by atoms with Crippen LogP contribution < -0.4 is 10.1 Å². The molecule has 0 atom stereocenters. The number of aliphatic hydroxyl groups is 1. The van der Waals surface area contributed by atoms with Crippen molar-refractivity contribution in [2.24, 2.45) is 0 Å². The average molecular weight is 348 g/mol. The molecule has 1 heterocycles. The molecule has 1 aliphatic heterocycles. The summed E-state index contributed by atoms with van der Waals surface area (Å²) in [6, 6.07) is 1.41. The van der Waals surface area contributed by atoms with Crippen molar-refractivity contribution >= 4 is 17.5 Å². The van der Waals surface area contributed by atoms with Gasteiger partial charge >= 0.3 is 6.18 Å². The molecule has 2 rings (SSSR count). The number of alkyl halides is 3. The maximum absolute atomic E-state index is 14.1. The molecule has 1 aromatic carbocycles. The van der Waals surface area contributed by atoms with Crippen LogP contribution in [0, 0.1) is 5.82 Å². The van der Waals surface area contributed by atoms with Crippen molar-refractivity contribution in [3.05, 3.63) is 35.3 Å². The van der Waals surface area contributed by atoms with Gasteiger partial charge in [0.25, 0.3) is 11.8 Å². The van der Waals surface area contributed by atoms with Gasteiger partial charge in [0.05, 0.1) is 31.5 Å². The first-order valence-electron chi connectivity index (χ1n) is 6.59. The zero-order chi connectivity index (χ0) is 18.1. The predicted molar refractivity (Wildman–Crippen MR) is 73.5 cm³/mol. The van der Waals surface area contributed by atoms with Gasteiger partial charge in [-0.2, -0.15) is 13.2 Å². The molecule has 0 aromatic heterocycles. The summed E-state index contributed by atoms with van der Waals surface area (Å²) in [4.78, 5) is 24.2. The minimum Gasteiger partial charge on any atom is -0.497 e. The van der Waals surface area contributed by atoms with Crippen LogP contribution in [0.3, 0.4) is 0 Å². The van der Waals surface area contributed by atoms with Crippen molar-refractivity contribution in [2.75, 3.05) is 25.6 Å². The summed E-state index contributed by atoms with van der Waals surface area (Å²) in [7, 11) is 1.10. The summed E-state index contributed by atoms with van der Waals surface area (Å²) in [5.74, 6) is -3.57. The van der Waals surface area contributed by atoms with E-state index in [2.05, 4.69) is 5.32 Å². The number of methoxy groups -OCH3 is 1. The highest BCUT2D eigenvalue weighted by Gasteiger charge is 2.37. The van der Waals surface area contributed by atoms with Crippen LogP contribution in [0.4, 0.5) is 23.2 Å². The van der Waals surface area contributed by atoms with Crippen LogP contribution >= 0.6 is 0 Å². The Labute approximate surface area is 133 Å². The summed E-state index contributed by atoms with van der Waals surface area (Å²) in [6.07, 6.45) is -4.16. The van der Waals surface area contributed by atoms with E-state index in [0.717, 1.165) is 19.3 Å². The summed E-state index contributed by atoms with van der Waals surface area (Å²) >= 11 is 0. The van der Waals surface area contributed by atoms with E-state index in [9.17, 15) is 27.2 Å². The highest BCUT2D eigenvalue weighted by atomic mass is 19.4. The van der Waals surface area contributed by atoms with Crippen molar-refractivity contribution in [1.82, 2.24) is 4.90 Å². The third-order valence-corrected chi connectivity index (χ3v) is 3.19. The van der Waals surface area contributed by atoms with Crippen molar-refractivity contribution in [3.8, 4) is 5.75 Å². The van der Waals surface area contributed by atoms with Crippen molar-refractivity contribution < 1.29 is 37.0 Å². The Bertz CT molecular complexity index is 715. The van der Waals surface area contributed by atoms with Crippen molar-refractivity contribution in [2.45, 2.75) is 6.18 Å². The fourth-order valence-corrected chi connectivity index (χ4v) is 2.07. The van der Waals surface area contributed by atoms with Gasteiger partial charge in [-0.15, -0.1) is 0 Å². The maximum Gasteiger partial charge on any atom is 0.419 e. The SMILES string of the molecule is COc1cc(NC2=CC(=O)N(CCO)C2=O)c(F)c(C(F)(F)F)c1. The van der Waals surface area contributed by atoms with Gasteiger partial charge in [-0.1, -0.05) is 0 Å². The average Bonchev–Trinajstić information content (AvgIpc) is 2.76. The number of imide groups is 1. The molecule has 2 N–H and O–H groups in total. The van der Waals surface area contributed by atoms with E-state index in [1.807, 2.05) is 0 Å². The van der Waals surface area contributed by atoms with Gasteiger partial charge in [0.2, 0.25) is 0 Å². The number of carbonyl (C=O) groups is 2. The second-order valence-electron chi connectivity index (χ2n) is 4.74. The third-order valence-electron chi connectivity index (χ3n) is 3.19. The fourth-order valence-electron chi connectivity index (χ4n) is 2.07. The molecule has 130 valence electrons. The molecule has 0 unspecified atom stereocenters. The van der Waals surface area contributed by atoms with Crippen molar-refractivity contribution in [1.29, 1.82) is 0 Å². The molecular weight excluding hydrogens is 336 g/mol. The molecule has 1 aliphatic rings. The standard InChI is InChI=1S/C14H12F4N2O4/c1-24-7-4-8(14(16,17)18)12(15)9(5-7)19-10-6-11(22)20(2-3-21)13(10)23/h4-6,19,21H,2-3H2,1H3.